The Bertz CT molecular complexity index is 732. The Hall–Kier alpha value is -1.97. The molecule has 0 atom stereocenters. The van der Waals surface area contributed by atoms with Gasteiger partial charge in [0.1, 0.15) is 0 Å². The van der Waals surface area contributed by atoms with Gasteiger partial charge in [0.2, 0.25) is 0 Å². The summed E-state index contributed by atoms with van der Waals surface area (Å²) in [5.74, 6) is 0.480. The van der Waals surface area contributed by atoms with Gasteiger partial charge in [-0.1, -0.05) is 36.4 Å². The lowest BCUT2D eigenvalue weighted by molar-refractivity contribution is -0.293. The van der Waals surface area contributed by atoms with Crippen molar-refractivity contribution in [1.82, 2.24) is 10.0 Å². The molecule has 2 aromatic rings. The summed E-state index contributed by atoms with van der Waals surface area (Å²) in [7, 11) is 0. The average molecular weight is 349 g/mol. The van der Waals surface area contributed by atoms with Gasteiger partial charge >= 0.3 is 0 Å². The number of allylic oxidation sites excluding steroid dienone is 1. The monoisotopic (exact) mass is 349 g/mol. The van der Waals surface area contributed by atoms with Crippen LogP contribution >= 0.6 is 0 Å². The number of benzene rings is 1. The van der Waals surface area contributed by atoms with Gasteiger partial charge in [0.25, 0.3) is 0 Å². The van der Waals surface area contributed by atoms with E-state index in [2.05, 4.69) is 69.1 Å². The Morgan fingerprint density at radius 1 is 1.08 bits per heavy atom. The third-order valence-electron chi connectivity index (χ3n) is 5.35. The molecule has 26 heavy (non-hydrogen) atoms. The fourth-order valence-electron chi connectivity index (χ4n) is 4.50. The number of hydrogen-bond donors (Lipinski definition) is 0. The van der Waals surface area contributed by atoms with Crippen LogP contribution in [0.1, 0.15) is 58.1 Å². The molecule has 1 aromatic carbocycles. The van der Waals surface area contributed by atoms with Crippen LogP contribution in [0.5, 0.6) is 0 Å². The highest BCUT2D eigenvalue weighted by molar-refractivity contribution is 5.81. The summed E-state index contributed by atoms with van der Waals surface area (Å²) < 4.78 is 0. The molecule has 0 aliphatic carbocycles. The van der Waals surface area contributed by atoms with E-state index in [1.807, 2.05) is 18.3 Å². The van der Waals surface area contributed by atoms with Gasteiger partial charge in [0, 0.05) is 23.5 Å². The van der Waals surface area contributed by atoms with Gasteiger partial charge in [-0.3, -0.25) is 4.98 Å². The first-order valence-electron chi connectivity index (χ1n) is 9.41. The van der Waals surface area contributed by atoms with Crippen molar-refractivity contribution in [1.29, 1.82) is 0 Å². The maximum absolute atomic E-state index is 12.7. The molecule has 3 heteroatoms. The van der Waals surface area contributed by atoms with Gasteiger partial charge in [0.15, 0.2) is 0 Å². The zero-order valence-electron chi connectivity index (χ0n) is 16.3. The summed E-state index contributed by atoms with van der Waals surface area (Å²) in [6.07, 6.45) is 8.74. The van der Waals surface area contributed by atoms with Crippen LogP contribution in [0.2, 0.25) is 0 Å². The lowest BCUT2D eigenvalue weighted by Gasteiger charge is -2.50. The molecule has 1 radical (unpaired) electrons. The van der Waals surface area contributed by atoms with Crippen molar-refractivity contribution in [2.75, 3.05) is 0 Å². The lowest BCUT2D eigenvalue weighted by atomic mass is 9.72. The highest BCUT2D eigenvalue weighted by Gasteiger charge is 2.46. The molecular weight excluding hydrogens is 320 g/mol. The average Bonchev–Trinajstić information content (AvgIpc) is 2.60. The number of pyridine rings is 1. The summed E-state index contributed by atoms with van der Waals surface area (Å²) in [4.78, 5) is 4.24. The van der Waals surface area contributed by atoms with Crippen LogP contribution in [0.3, 0.4) is 0 Å². The first kappa shape index (κ1) is 18.8. The second-order valence-corrected chi connectivity index (χ2v) is 8.72. The Kier molecular flexibility index (Phi) is 5.31. The third-order valence-corrected chi connectivity index (χ3v) is 5.35. The fourth-order valence-corrected chi connectivity index (χ4v) is 4.50. The minimum atomic E-state index is -0.331. The molecule has 1 aliphatic heterocycles. The van der Waals surface area contributed by atoms with E-state index in [0.29, 0.717) is 5.92 Å². The lowest BCUT2D eigenvalue weighted by Crippen LogP contribution is -2.58. The van der Waals surface area contributed by atoms with Crippen molar-refractivity contribution in [2.45, 2.75) is 58.0 Å². The van der Waals surface area contributed by atoms with Crippen LogP contribution in [-0.2, 0) is 5.21 Å². The van der Waals surface area contributed by atoms with Crippen LogP contribution in [0, 0.1) is 5.92 Å². The number of nitrogens with zero attached hydrogens (tertiary/aromatic N) is 2. The smallest absolute Gasteiger partial charge is 0.0446 e. The molecule has 0 spiro atoms. The number of hydrogen-bond acceptors (Lipinski definition) is 2. The number of aromatic nitrogens is 1. The normalized spacial score (nSPS) is 20.9. The van der Waals surface area contributed by atoms with E-state index < -0.39 is 0 Å². The van der Waals surface area contributed by atoms with E-state index in [0.717, 1.165) is 24.8 Å². The number of hydroxylamine groups is 2. The third kappa shape index (κ3) is 4.22. The van der Waals surface area contributed by atoms with Gasteiger partial charge in [-0.15, -0.1) is 10.3 Å². The largest absolute Gasteiger partial charge is 0.264 e. The summed E-state index contributed by atoms with van der Waals surface area (Å²) in [6, 6.07) is 14.6. The zero-order chi connectivity index (χ0) is 18.8. The molecule has 1 saturated heterocycles. The minimum Gasteiger partial charge on any atom is -0.264 e. The fraction of sp³-hybridized carbons (Fsp3) is 0.435. The van der Waals surface area contributed by atoms with Crippen molar-refractivity contribution >= 4 is 11.6 Å². The Balaban J connectivity index is 1.90. The summed E-state index contributed by atoms with van der Waals surface area (Å²) in [5.41, 5.74) is 3.02. The predicted octanol–water partition coefficient (Wildman–Crippen LogP) is 5.63. The maximum Gasteiger partial charge on any atom is 0.0446 e. The second kappa shape index (κ2) is 7.34. The van der Waals surface area contributed by atoms with Crippen molar-refractivity contribution in [3.63, 3.8) is 0 Å². The van der Waals surface area contributed by atoms with Crippen LogP contribution < -0.4 is 0 Å². The highest BCUT2D eigenvalue weighted by Crippen LogP contribution is 2.43. The molecule has 0 saturated carbocycles. The van der Waals surface area contributed by atoms with Crippen LogP contribution in [-0.4, -0.2) is 21.1 Å². The highest BCUT2D eigenvalue weighted by atomic mass is 16.5. The van der Waals surface area contributed by atoms with E-state index in [1.165, 1.54) is 16.2 Å². The number of rotatable bonds is 4. The Morgan fingerprint density at radius 2 is 1.73 bits per heavy atom. The van der Waals surface area contributed by atoms with Gasteiger partial charge < -0.3 is 0 Å². The van der Waals surface area contributed by atoms with Gasteiger partial charge in [-0.2, -0.15) is 0 Å². The molecule has 0 amide bonds. The first-order valence-corrected chi connectivity index (χ1v) is 9.41. The Morgan fingerprint density at radius 3 is 2.31 bits per heavy atom. The molecule has 1 fully saturated rings. The van der Waals surface area contributed by atoms with E-state index in [1.54, 1.807) is 6.20 Å². The van der Waals surface area contributed by atoms with E-state index in [-0.39, 0.29) is 11.1 Å². The topological polar surface area (TPSA) is 36.0 Å². The predicted molar refractivity (Wildman–Crippen MR) is 107 cm³/mol. The van der Waals surface area contributed by atoms with E-state index in [9.17, 15) is 5.21 Å². The van der Waals surface area contributed by atoms with Crippen LogP contribution in [0.15, 0.2) is 54.9 Å². The molecule has 3 rings (SSSR count). The second-order valence-electron chi connectivity index (χ2n) is 8.72. The molecule has 2 heterocycles. The van der Waals surface area contributed by atoms with Crippen LogP contribution in [0.4, 0.5) is 0 Å². The standard InChI is InChI=1S/C23H29N2O/c1-22(2)15-19(16-23(3,4)25(22)26)14-21(20-10-6-5-7-11-20)13-18-9-8-12-24-17-18/h5-13,17,19H,14-16H2,1-4H3/b21-13-. The van der Waals surface area contributed by atoms with Crippen molar-refractivity contribution in [3.05, 3.63) is 66.0 Å². The SMILES string of the molecule is CC1(C)CC(C/C(=C/c2cccnc2)c2ccccc2)CC(C)(C)N1[O]. The zero-order valence-corrected chi connectivity index (χ0v) is 16.3. The molecule has 0 unspecified atom stereocenters. The van der Waals surface area contributed by atoms with Gasteiger partial charge in [-0.05, 0) is 81.7 Å². The molecule has 1 aliphatic rings. The Labute approximate surface area is 157 Å². The van der Waals surface area contributed by atoms with Crippen molar-refractivity contribution in [3.8, 4) is 0 Å². The van der Waals surface area contributed by atoms with Gasteiger partial charge in [0.05, 0.1) is 0 Å². The molecule has 0 N–H and O–H groups in total. The minimum absolute atomic E-state index is 0.331. The quantitative estimate of drug-likeness (QED) is 0.717. The van der Waals surface area contributed by atoms with Crippen molar-refractivity contribution in [2.24, 2.45) is 5.92 Å². The summed E-state index contributed by atoms with van der Waals surface area (Å²) in [6.45, 7) is 8.28. The van der Waals surface area contributed by atoms with E-state index in [4.69, 9.17) is 0 Å². The molecular formula is C23H29N2O. The van der Waals surface area contributed by atoms with Crippen LogP contribution in [0.25, 0.3) is 11.6 Å². The number of piperidine rings is 1. The molecule has 3 nitrogen and oxygen atoms in total. The molecule has 1 aromatic heterocycles. The van der Waals surface area contributed by atoms with E-state index >= 15 is 0 Å². The first-order chi connectivity index (χ1) is 12.3. The van der Waals surface area contributed by atoms with Crippen molar-refractivity contribution < 1.29 is 5.21 Å². The molecule has 137 valence electrons. The summed E-state index contributed by atoms with van der Waals surface area (Å²) in [5, 5.41) is 14.0. The maximum atomic E-state index is 12.7. The summed E-state index contributed by atoms with van der Waals surface area (Å²) >= 11 is 0. The van der Waals surface area contributed by atoms with Gasteiger partial charge in [-0.25, -0.2) is 0 Å². The molecule has 0 bridgehead atoms.